The standard InChI is InChI=1S/C24H31N5O4/c1-4-5-13-28-22(25)21(23(31)27-24(28)32)29(15-16(2)3)20(30)12-11-19-26-14-18(33-19)17-9-7-6-8-10-17/h6-10,14,16H,4-5,11-13,15,25H2,1-3H3,(H,27,31,32). The number of carbonyl (C=O) groups excluding carboxylic acids is 1. The van der Waals surface area contributed by atoms with Crippen LogP contribution in [0.25, 0.3) is 11.3 Å². The van der Waals surface area contributed by atoms with Gasteiger partial charge >= 0.3 is 5.69 Å². The summed E-state index contributed by atoms with van der Waals surface area (Å²) in [6.07, 6.45) is 3.56. The molecule has 33 heavy (non-hydrogen) atoms. The maximum Gasteiger partial charge on any atom is 0.330 e. The molecule has 0 atom stereocenters. The van der Waals surface area contributed by atoms with E-state index in [9.17, 15) is 14.4 Å². The molecule has 1 amide bonds. The Hall–Kier alpha value is -3.62. The van der Waals surface area contributed by atoms with Gasteiger partial charge in [-0.1, -0.05) is 57.5 Å². The number of aromatic nitrogens is 3. The fraction of sp³-hybridized carbons (Fsp3) is 0.417. The van der Waals surface area contributed by atoms with Crippen molar-refractivity contribution in [3.05, 3.63) is 63.3 Å². The Bertz CT molecular complexity index is 1190. The number of nitrogens with one attached hydrogen (secondary N) is 1. The number of unbranched alkanes of at least 4 members (excludes halogenated alkanes) is 1. The third kappa shape index (κ3) is 5.79. The van der Waals surface area contributed by atoms with Crippen LogP contribution >= 0.6 is 0 Å². The van der Waals surface area contributed by atoms with Gasteiger partial charge in [0, 0.05) is 31.5 Å². The fourth-order valence-corrected chi connectivity index (χ4v) is 3.57. The molecule has 3 aromatic rings. The van der Waals surface area contributed by atoms with Gasteiger partial charge in [-0.25, -0.2) is 9.78 Å². The van der Waals surface area contributed by atoms with Crippen molar-refractivity contribution >= 4 is 17.4 Å². The average molecular weight is 454 g/mol. The van der Waals surface area contributed by atoms with Crippen molar-refractivity contribution in [2.24, 2.45) is 5.92 Å². The second-order valence-electron chi connectivity index (χ2n) is 8.38. The van der Waals surface area contributed by atoms with Crippen molar-refractivity contribution in [3.8, 4) is 11.3 Å². The zero-order valence-electron chi connectivity index (χ0n) is 19.3. The van der Waals surface area contributed by atoms with Gasteiger partial charge in [0.25, 0.3) is 5.56 Å². The molecule has 0 aliphatic carbocycles. The molecule has 9 nitrogen and oxygen atoms in total. The topological polar surface area (TPSA) is 127 Å². The number of amides is 1. The highest BCUT2D eigenvalue weighted by molar-refractivity contribution is 5.95. The highest BCUT2D eigenvalue weighted by Gasteiger charge is 2.25. The first-order valence-electron chi connectivity index (χ1n) is 11.2. The van der Waals surface area contributed by atoms with E-state index in [0.717, 1.165) is 18.4 Å². The maximum atomic E-state index is 13.2. The lowest BCUT2D eigenvalue weighted by molar-refractivity contribution is -0.118. The molecular formula is C24H31N5O4. The molecule has 0 spiro atoms. The summed E-state index contributed by atoms with van der Waals surface area (Å²) in [7, 11) is 0. The fourth-order valence-electron chi connectivity index (χ4n) is 3.57. The van der Waals surface area contributed by atoms with Gasteiger partial charge in [-0.05, 0) is 12.3 Å². The highest BCUT2D eigenvalue weighted by atomic mass is 16.4. The van der Waals surface area contributed by atoms with E-state index in [2.05, 4.69) is 9.97 Å². The van der Waals surface area contributed by atoms with Gasteiger partial charge in [0.05, 0.1) is 6.20 Å². The van der Waals surface area contributed by atoms with Crippen LogP contribution in [-0.2, 0) is 17.8 Å². The number of hydrogen-bond acceptors (Lipinski definition) is 6. The molecule has 3 rings (SSSR count). The third-order valence-corrected chi connectivity index (χ3v) is 5.23. The van der Waals surface area contributed by atoms with Crippen LogP contribution < -0.4 is 21.9 Å². The number of anilines is 2. The molecule has 0 aliphatic heterocycles. The largest absolute Gasteiger partial charge is 0.441 e. The van der Waals surface area contributed by atoms with Crippen molar-refractivity contribution in [2.45, 2.75) is 53.0 Å². The van der Waals surface area contributed by atoms with E-state index in [-0.39, 0.29) is 36.2 Å². The molecule has 3 N–H and O–H groups in total. The number of benzene rings is 1. The summed E-state index contributed by atoms with van der Waals surface area (Å²) in [6.45, 7) is 6.54. The number of nitrogen functional groups attached to an aromatic ring is 1. The van der Waals surface area contributed by atoms with Crippen molar-refractivity contribution in [1.82, 2.24) is 14.5 Å². The SMILES string of the molecule is CCCCn1c(N)c(N(CC(C)C)C(=O)CCc2ncc(-c3ccccc3)o2)c(=O)[nH]c1=O. The predicted octanol–water partition coefficient (Wildman–Crippen LogP) is 3.20. The zero-order chi connectivity index (χ0) is 24.0. The smallest absolute Gasteiger partial charge is 0.330 e. The van der Waals surface area contributed by atoms with Gasteiger partial charge < -0.3 is 15.1 Å². The lowest BCUT2D eigenvalue weighted by Gasteiger charge is -2.26. The van der Waals surface area contributed by atoms with E-state index in [4.69, 9.17) is 10.2 Å². The lowest BCUT2D eigenvalue weighted by atomic mass is 10.1. The first-order chi connectivity index (χ1) is 15.8. The summed E-state index contributed by atoms with van der Waals surface area (Å²) in [4.78, 5) is 46.1. The van der Waals surface area contributed by atoms with Crippen molar-refractivity contribution in [1.29, 1.82) is 0 Å². The van der Waals surface area contributed by atoms with Crippen LogP contribution in [0.4, 0.5) is 11.5 Å². The average Bonchev–Trinajstić information content (AvgIpc) is 3.26. The molecule has 2 aromatic heterocycles. The minimum Gasteiger partial charge on any atom is -0.441 e. The summed E-state index contributed by atoms with van der Waals surface area (Å²) in [5.41, 5.74) is 5.91. The van der Waals surface area contributed by atoms with E-state index in [1.165, 1.54) is 9.47 Å². The second-order valence-corrected chi connectivity index (χ2v) is 8.38. The van der Waals surface area contributed by atoms with E-state index < -0.39 is 11.2 Å². The monoisotopic (exact) mass is 453 g/mol. The van der Waals surface area contributed by atoms with Gasteiger partial charge in [0.2, 0.25) is 5.91 Å². The molecule has 0 fully saturated rings. The highest BCUT2D eigenvalue weighted by Crippen LogP contribution is 2.22. The van der Waals surface area contributed by atoms with E-state index >= 15 is 0 Å². The number of H-pyrrole nitrogens is 1. The Kier molecular flexibility index (Phi) is 7.87. The normalized spacial score (nSPS) is 11.2. The Morgan fingerprint density at radius 3 is 2.64 bits per heavy atom. The predicted molar refractivity (Wildman–Crippen MR) is 128 cm³/mol. The van der Waals surface area contributed by atoms with Crippen molar-refractivity contribution in [2.75, 3.05) is 17.2 Å². The summed E-state index contributed by atoms with van der Waals surface area (Å²) in [5, 5.41) is 0. The van der Waals surface area contributed by atoms with Crippen molar-refractivity contribution in [3.63, 3.8) is 0 Å². The van der Waals surface area contributed by atoms with Crippen molar-refractivity contribution < 1.29 is 9.21 Å². The molecule has 0 unspecified atom stereocenters. The number of oxazole rings is 1. The number of nitrogens with zero attached hydrogens (tertiary/aromatic N) is 3. The molecule has 176 valence electrons. The minimum atomic E-state index is -0.665. The second kappa shape index (κ2) is 10.8. The summed E-state index contributed by atoms with van der Waals surface area (Å²) < 4.78 is 7.11. The first kappa shape index (κ1) is 24.0. The molecule has 0 saturated carbocycles. The molecule has 9 heteroatoms. The molecule has 0 radical (unpaired) electrons. The summed E-state index contributed by atoms with van der Waals surface area (Å²) in [5.74, 6) is 0.854. The molecule has 0 aliphatic rings. The molecule has 2 heterocycles. The van der Waals surface area contributed by atoms with Gasteiger partial charge in [0.15, 0.2) is 17.3 Å². The maximum absolute atomic E-state index is 13.2. The summed E-state index contributed by atoms with van der Waals surface area (Å²) in [6, 6.07) is 9.58. The minimum absolute atomic E-state index is 0.00804. The number of aryl methyl sites for hydroxylation is 1. The Labute approximate surface area is 192 Å². The van der Waals surface area contributed by atoms with E-state index in [0.29, 0.717) is 24.7 Å². The summed E-state index contributed by atoms with van der Waals surface area (Å²) >= 11 is 0. The first-order valence-corrected chi connectivity index (χ1v) is 11.2. The Balaban J connectivity index is 1.84. The van der Waals surface area contributed by atoms with E-state index in [1.54, 1.807) is 6.20 Å². The van der Waals surface area contributed by atoms with Crippen LogP contribution in [0.1, 0.15) is 45.9 Å². The van der Waals surface area contributed by atoms with Crippen LogP contribution in [0.15, 0.2) is 50.5 Å². The van der Waals surface area contributed by atoms with E-state index in [1.807, 2.05) is 51.1 Å². The van der Waals surface area contributed by atoms with Crippen LogP contribution in [0, 0.1) is 5.92 Å². The molecule has 1 aromatic carbocycles. The molecule has 0 saturated heterocycles. The quantitative estimate of drug-likeness (QED) is 0.485. The van der Waals surface area contributed by atoms with Crippen LogP contribution in [0.3, 0.4) is 0 Å². The van der Waals surface area contributed by atoms with Gasteiger partial charge in [-0.2, -0.15) is 0 Å². The lowest BCUT2D eigenvalue weighted by Crippen LogP contribution is -2.42. The Morgan fingerprint density at radius 1 is 1.24 bits per heavy atom. The zero-order valence-corrected chi connectivity index (χ0v) is 19.3. The number of rotatable bonds is 10. The number of carbonyl (C=O) groups is 1. The van der Waals surface area contributed by atoms with Gasteiger partial charge in [-0.15, -0.1) is 0 Å². The molecule has 0 bridgehead atoms. The van der Waals surface area contributed by atoms with Crippen LogP contribution in [0.5, 0.6) is 0 Å². The third-order valence-electron chi connectivity index (χ3n) is 5.23. The number of aromatic amines is 1. The Morgan fingerprint density at radius 2 is 1.97 bits per heavy atom. The number of hydrogen-bond donors (Lipinski definition) is 2. The van der Waals surface area contributed by atoms with Crippen LogP contribution in [-0.4, -0.2) is 27.0 Å². The number of nitrogens with two attached hydrogens (primary N) is 1. The molecular weight excluding hydrogens is 422 g/mol. The van der Waals surface area contributed by atoms with Gasteiger partial charge in [0.1, 0.15) is 5.82 Å². The van der Waals surface area contributed by atoms with Gasteiger partial charge in [-0.3, -0.25) is 19.1 Å². The van der Waals surface area contributed by atoms with Crippen LogP contribution in [0.2, 0.25) is 0 Å².